The Bertz CT molecular complexity index is 772. The molecule has 1 N–H and O–H groups in total. The molecule has 0 aliphatic rings. The zero-order valence-electron chi connectivity index (χ0n) is 19.4. The van der Waals surface area contributed by atoms with Crippen LogP contribution in [0.15, 0.2) is 30.5 Å². The van der Waals surface area contributed by atoms with E-state index in [2.05, 4.69) is 31.1 Å². The first-order valence-corrected chi connectivity index (χ1v) is 19.9. The standard InChI is InChI=1S/C13H13N2O2.3C4H9.Sn/c1-3-12(16)15-11-8-10(17-2)7-9-5-4-6-14-13(9)11;3*1-3-4-2;/h4-8H,1,3H2,2H3,(H,15,16);3*1,3-4H2,2H3;. The molecule has 0 bridgehead atoms. The number of methoxy groups -OCH3 is 1. The summed E-state index contributed by atoms with van der Waals surface area (Å²) in [5.41, 5.74) is 1.58. The van der Waals surface area contributed by atoms with E-state index in [0.717, 1.165) is 22.3 Å². The molecular formula is C25H40N2O2Sn. The molecule has 1 aromatic heterocycles. The van der Waals surface area contributed by atoms with Crippen LogP contribution in [-0.2, 0) is 4.79 Å². The van der Waals surface area contributed by atoms with Crippen LogP contribution in [0.3, 0.4) is 0 Å². The third kappa shape index (κ3) is 7.43. The summed E-state index contributed by atoms with van der Waals surface area (Å²) in [5.74, 6) is 0.869. The van der Waals surface area contributed by atoms with E-state index in [1.807, 2.05) is 24.3 Å². The van der Waals surface area contributed by atoms with E-state index in [9.17, 15) is 4.79 Å². The van der Waals surface area contributed by atoms with Crippen LogP contribution in [0.25, 0.3) is 10.9 Å². The van der Waals surface area contributed by atoms with Gasteiger partial charge in [0.1, 0.15) is 0 Å². The van der Waals surface area contributed by atoms with Gasteiger partial charge in [0.15, 0.2) is 0 Å². The second-order valence-corrected chi connectivity index (χ2v) is 22.9. The fourth-order valence-electron chi connectivity index (χ4n) is 4.37. The Balaban J connectivity index is 2.13. The summed E-state index contributed by atoms with van der Waals surface area (Å²) in [6.45, 7) is 6.89. The van der Waals surface area contributed by atoms with Crippen LogP contribution in [0.2, 0.25) is 17.7 Å². The van der Waals surface area contributed by atoms with Crippen molar-refractivity contribution in [1.29, 1.82) is 0 Å². The van der Waals surface area contributed by atoms with Gasteiger partial charge in [-0.15, -0.1) is 0 Å². The van der Waals surface area contributed by atoms with Crippen molar-refractivity contribution in [3.63, 3.8) is 0 Å². The van der Waals surface area contributed by atoms with E-state index in [0.29, 0.717) is 6.42 Å². The number of unbranched alkanes of at least 4 members (excludes halogenated alkanes) is 3. The van der Waals surface area contributed by atoms with Crippen LogP contribution in [0, 0.1) is 0 Å². The number of rotatable bonds is 14. The number of hydrogen-bond acceptors (Lipinski definition) is 3. The van der Waals surface area contributed by atoms with Crippen LogP contribution in [-0.4, -0.2) is 36.4 Å². The number of pyridine rings is 1. The van der Waals surface area contributed by atoms with Gasteiger partial charge in [0, 0.05) is 0 Å². The van der Waals surface area contributed by atoms with Gasteiger partial charge in [0.05, 0.1) is 0 Å². The average Bonchev–Trinajstić information content (AvgIpc) is 2.78. The Kier molecular flexibility index (Phi) is 11.0. The van der Waals surface area contributed by atoms with E-state index < -0.39 is 18.4 Å². The topological polar surface area (TPSA) is 51.2 Å². The number of carbonyl (C=O) groups excluding carboxylic acids is 1. The summed E-state index contributed by atoms with van der Waals surface area (Å²) in [6, 6.07) is 7.75. The fraction of sp³-hybridized carbons (Fsp3) is 0.600. The number of fused-ring (bicyclic) bond motifs is 1. The normalized spacial score (nSPS) is 11.6. The molecule has 0 spiro atoms. The molecular weight excluding hydrogens is 479 g/mol. The predicted molar refractivity (Wildman–Crippen MR) is 131 cm³/mol. The number of nitrogens with one attached hydrogen (secondary N) is 1. The van der Waals surface area contributed by atoms with Crippen molar-refractivity contribution in [3.05, 3.63) is 30.5 Å². The van der Waals surface area contributed by atoms with Gasteiger partial charge in [0.25, 0.3) is 0 Å². The van der Waals surface area contributed by atoms with E-state index in [1.54, 1.807) is 13.3 Å². The molecule has 2 rings (SSSR count). The minimum absolute atomic E-state index is 0.126. The number of carbonyl (C=O) groups is 1. The zero-order chi connectivity index (χ0) is 21.8. The second kappa shape index (κ2) is 13.2. The summed E-state index contributed by atoms with van der Waals surface area (Å²) in [5, 5.41) is 4.13. The number of aromatic nitrogens is 1. The molecule has 0 fully saturated rings. The molecule has 0 radical (unpaired) electrons. The summed E-state index contributed by atoms with van der Waals surface area (Å²) >= 11 is -2.29. The second-order valence-electron chi connectivity index (χ2n) is 8.61. The number of anilines is 1. The Hall–Kier alpha value is -1.30. The number of hydrogen-bond donors (Lipinski definition) is 1. The average molecular weight is 519 g/mol. The Morgan fingerprint density at radius 1 is 1.00 bits per heavy atom. The monoisotopic (exact) mass is 520 g/mol. The predicted octanol–water partition coefficient (Wildman–Crippen LogP) is 7.42. The Morgan fingerprint density at radius 2 is 1.63 bits per heavy atom. The van der Waals surface area contributed by atoms with Gasteiger partial charge < -0.3 is 0 Å². The van der Waals surface area contributed by atoms with Gasteiger partial charge in [-0.3, -0.25) is 0 Å². The first-order valence-electron chi connectivity index (χ1n) is 11.8. The number of amides is 1. The Morgan fingerprint density at radius 3 is 2.20 bits per heavy atom. The van der Waals surface area contributed by atoms with Gasteiger partial charge in [-0.2, -0.15) is 0 Å². The summed E-state index contributed by atoms with van der Waals surface area (Å²) in [4.78, 5) is 17.5. The third-order valence-electron chi connectivity index (χ3n) is 6.25. The first kappa shape index (κ1) is 25.0. The number of ether oxygens (including phenoxy) is 1. The molecule has 0 atom stereocenters. The van der Waals surface area contributed by atoms with E-state index in [1.165, 1.54) is 56.3 Å². The molecule has 1 amide bonds. The molecule has 1 heterocycles. The van der Waals surface area contributed by atoms with Crippen LogP contribution >= 0.6 is 0 Å². The molecule has 5 heteroatoms. The van der Waals surface area contributed by atoms with Crippen LogP contribution < -0.4 is 10.1 Å². The van der Waals surface area contributed by atoms with Crippen molar-refractivity contribution >= 4 is 40.9 Å². The third-order valence-corrected chi connectivity index (χ3v) is 22.1. The maximum atomic E-state index is 13.0. The molecule has 2 aromatic rings. The molecule has 0 unspecified atom stereocenters. The number of benzene rings is 1. The van der Waals surface area contributed by atoms with Gasteiger partial charge in [0.2, 0.25) is 0 Å². The zero-order valence-corrected chi connectivity index (χ0v) is 22.3. The van der Waals surface area contributed by atoms with Crippen LogP contribution in [0.1, 0.15) is 65.7 Å². The van der Waals surface area contributed by atoms with Crippen molar-refractivity contribution < 1.29 is 9.53 Å². The fourth-order valence-corrected chi connectivity index (χ4v) is 20.3. The molecule has 166 valence electrons. The van der Waals surface area contributed by atoms with Crippen molar-refractivity contribution in [3.8, 4) is 5.75 Å². The van der Waals surface area contributed by atoms with Crippen molar-refractivity contribution in [2.24, 2.45) is 0 Å². The minimum atomic E-state index is -2.29. The van der Waals surface area contributed by atoms with Crippen molar-refractivity contribution in [2.45, 2.75) is 83.5 Å². The molecule has 30 heavy (non-hydrogen) atoms. The van der Waals surface area contributed by atoms with E-state index >= 15 is 0 Å². The van der Waals surface area contributed by atoms with E-state index in [-0.39, 0.29) is 5.91 Å². The SMILES string of the molecule is CCC[CH2][Sn]([CH2]CCC)([CH2]CCC)[CH2]CC(=O)Nc1cc(OC)cc2cccnc12. The molecule has 1 aromatic carbocycles. The van der Waals surface area contributed by atoms with Crippen molar-refractivity contribution in [1.82, 2.24) is 4.98 Å². The molecule has 4 nitrogen and oxygen atoms in total. The van der Waals surface area contributed by atoms with Crippen LogP contribution in [0.5, 0.6) is 5.75 Å². The van der Waals surface area contributed by atoms with Crippen LogP contribution in [0.4, 0.5) is 5.69 Å². The summed E-state index contributed by atoms with van der Waals surface area (Å²) < 4.78 is 10.9. The van der Waals surface area contributed by atoms with Gasteiger partial charge in [-0.05, 0) is 0 Å². The van der Waals surface area contributed by atoms with Gasteiger partial charge in [-0.25, -0.2) is 0 Å². The van der Waals surface area contributed by atoms with Gasteiger partial charge >= 0.3 is 187 Å². The summed E-state index contributed by atoms with van der Waals surface area (Å²) in [6.07, 6.45) is 10.3. The number of nitrogens with zero attached hydrogens (tertiary/aromatic N) is 1. The first-order chi connectivity index (χ1) is 14.6. The Labute approximate surface area is 187 Å². The quantitative estimate of drug-likeness (QED) is 0.264. The molecule has 0 aliphatic heterocycles. The summed E-state index contributed by atoms with van der Waals surface area (Å²) in [7, 11) is 1.65. The molecule has 0 saturated carbocycles. The van der Waals surface area contributed by atoms with Gasteiger partial charge in [-0.1, -0.05) is 0 Å². The maximum absolute atomic E-state index is 13.0. The van der Waals surface area contributed by atoms with E-state index in [4.69, 9.17) is 4.74 Å². The molecule has 0 saturated heterocycles. The molecule has 0 aliphatic carbocycles. The van der Waals surface area contributed by atoms with Crippen molar-refractivity contribution in [2.75, 3.05) is 12.4 Å².